The SMILES string of the molecule is Cc1cc(-c2ccc(C(=O)Oc3ccccc3F)o2)cc(C)c1O. The summed E-state index contributed by atoms with van der Waals surface area (Å²) in [6.45, 7) is 3.56. The number of carbonyl (C=O) groups is 1. The average molecular weight is 326 g/mol. The highest BCUT2D eigenvalue weighted by atomic mass is 19.1. The number of aromatic hydroxyl groups is 1. The number of ether oxygens (including phenoxy) is 1. The van der Waals surface area contributed by atoms with E-state index in [-0.39, 0.29) is 17.3 Å². The van der Waals surface area contributed by atoms with E-state index in [9.17, 15) is 14.3 Å². The van der Waals surface area contributed by atoms with Crippen molar-refractivity contribution in [1.29, 1.82) is 0 Å². The monoisotopic (exact) mass is 326 g/mol. The molecule has 1 aromatic heterocycles. The Balaban J connectivity index is 1.85. The molecule has 3 aromatic rings. The molecule has 4 nitrogen and oxygen atoms in total. The number of phenols is 1. The smallest absolute Gasteiger partial charge is 0.379 e. The molecule has 0 saturated heterocycles. The fourth-order valence-electron chi connectivity index (χ4n) is 2.38. The lowest BCUT2D eigenvalue weighted by atomic mass is 10.0. The lowest BCUT2D eigenvalue weighted by molar-refractivity contribution is 0.0695. The summed E-state index contributed by atoms with van der Waals surface area (Å²) in [5.41, 5.74) is 2.14. The summed E-state index contributed by atoms with van der Waals surface area (Å²) in [6.07, 6.45) is 0. The number of carbonyl (C=O) groups excluding carboxylic acids is 1. The van der Waals surface area contributed by atoms with Gasteiger partial charge in [0.25, 0.3) is 0 Å². The summed E-state index contributed by atoms with van der Waals surface area (Å²) in [5.74, 6) is -0.902. The van der Waals surface area contributed by atoms with Crippen LogP contribution in [0.15, 0.2) is 52.9 Å². The second kappa shape index (κ2) is 6.20. The molecule has 0 aliphatic carbocycles. The first-order chi connectivity index (χ1) is 11.5. The highest BCUT2D eigenvalue weighted by Gasteiger charge is 2.17. The van der Waals surface area contributed by atoms with Gasteiger partial charge in [-0.15, -0.1) is 0 Å². The van der Waals surface area contributed by atoms with Crippen molar-refractivity contribution in [3.8, 4) is 22.8 Å². The number of halogens is 1. The molecule has 0 aliphatic heterocycles. The first-order valence-electron chi connectivity index (χ1n) is 7.33. The molecule has 0 saturated carbocycles. The first kappa shape index (κ1) is 15.8. The van der Waals surface area contributed by atoms with Gasteiger partial charge in [-0.3, -0.25) is 0 Å². The van der Waals surface area contributed by atoms with Crippen molar-refractivity contribution in [2.24, 2.45) is 0 Å². The molecule has 0 radical (unpaired) electrons. The van der Waals surface area contributed by atoms with Crippen molar-refractivity contribution >= 4 is 5.97 Å². The van der Waals surface area contributed by atoms with Gasteiger partial charge in [0.05, 0.1) is 0 Å². The molecule has 0 spiro atoms. The Morgan fingerprint density at radius 3 is 2.42 bits per heavy atom. The normalized spacial score (nSPS) is 10.6. The Kier molecular flexibility index (Phi) is 4.08. The molecule has 122 valence electrons. The van der Waals surface area contributed by atoms with E-state index < -0.39 is 11.8 Å². The van der Waals surface area contributed by atoms with E-state index in [1.165, 1.54) is 24.3 Å². The summed E-state index contributed by atoms with van der Waals surface area (Å²) in [4.78, 5) is 12.1. The minimum atomic E-state index is -0.779. The van der Waals surface area contributed by atoms with Gasteiger partial charge in [0.1, 0.15) is 11.5 Å². The Labute approximate surface area is 138 Å². The molecule has 1 heterocycles. The molecule has 1 N–H and O–H groups in total. The summed E-state index contributed by atoms with van der Waals surface area (Å²) in [5, 5.41) is 9.82. The lowest BCUT2D eigenvalue weighted by Gasteiger charge is -2.06. The number of benzene rings is 2. The van der Waals surface area contributed by atoms with Crippen LogP contribution in [-0.4, -0.2) is 11.1 Å². The maximum atomic E-state index is 13.5. The molecule has 2 aromatic carbocycles. The van der Waals surface area contributed by atoms with Crippen molar-refractivity contribution in [2.45, 2.75) is 13.8 Å². The zero-order chi connectivity index (χ0) is 17.3. The van der Waals surface area contributed by atoms with Gasteiger partial charge in [-0.25, -0.2) is 9.18 Å². The van der Waals surface area contributed by atoms with Crippen LogP contribution in [0, 0.1) is 19.7 Å². The minimum absolute atomic E-state index is 0.0309. The molecular formula is C19H15FO4. The number of rotatable bonds is 3. The molecule has 5 heteroatoms. The van der Waals surface area contributed by atoms with E-state index in [1.54, 1.807) is 38.1 Å². The van der Waals surface area contributed by atoms with Gasteiger partial charge in [0.2, 0.25) is 5.76 Å². The molecule has 24 heavy (non-hydrogen) atoms. The van der Waals surface area contributed by atoms with Crippen LogP contribution in [0.2, 0.25) is 0 Å². The first-order valence-corrected chi connectivity index (χ1v) is 7.33. The number of esters is 1. The quantitative estimate of drug-likeness (QED) is 0.563. The second-order valence-corrected chi connectivity index (χ2v) is 5.44. The second-order valence-electron chi connectivity index (χ2n) is 5.44. The fraction of sp³-hybridized carbons (Fsp3) is 0.105. The highest BCUT2D eigenvalue weighted by molar-refractivity contribution is 5.89. The van der Waals surface area contributed by atoms with Gasteiger partial charge < -0.3 is 14.3 Å². The fourth-order valence-corrected chi connectivity index (χ4v) is 2.38. The molecule has 0 fully saturated rings. The Morgan fingerprint density at radius 1 is 1.08 bits per heavy atom. The van der Waals surface area contributed by atoms with Gasteiger partial charge in [0, 0.05) is 5.56 Å². The van der Waals surface area contributed by atoms with Crippen molar-refractivity contribution in [1.82, 2.24) is 0 Å². The number of aryl methyl sites for hydroxylation is 2. The van der Waals surface area contributed by atoms with Gasteiger partial charge >= 0.3 is 5.97 Å². The van der Waals surface area contributed by atoms with Crippen molar-refractivity contribution in [2.75, 3.05) is 0 Å². The van der Waals surface area contributed by atoms with E-state index in [0.717, 1.165) is 5.56 Å². The summed E-state index contributed by atoms with van der Waals surface area (Å²) < 4.78 is 24.0. The van der Waals surface area contributed by atoms with Crippen molar-refractivity contribution in [3.63, 3.8) is 0 Å². The molecule has 0 aliphatic rings. The number of hydrogen-bond acceptors (Lipinski definition) is 4. The number of phenolic OH excluding ortho intramolecular Hbond substituents is 1. The zero-order valence-electron chi connectivity index (χ0n) is 13.2. The van der Waals surface area contributed by atoms with Crippen LogP contribution >= 0.6 is 0 Å². The summed E-state index contributed by atoms with van der Waals surface area (Å²) in [7, 11) is 0. The predicted molar refractivity (Wildman–Crippen MR) is 86.6 cm³/mol. The summed E-state index contributed by atoms with van der Waals surface area (Å²) >= 11 is 0. The van der Waals surface area contributed by atoms with E-state index in [2.05, 4.69) is 0 Å². The average Bonchev–Trinajstić information content (AvgIpc) is 3.04. The minimum Gasteiger partial charge on any atom is -0.507 e. The number of hydrogen-bond donors (Lipinski definition) is 1. The number of furan rings is 1. The topological polar surface area (TPSA) is 59.7 Å². The van der Waals surface area contributed by atoms with Crippen LogP contribution < -0.4 is 4.74 Å². The van der Waals surface area contributed by atoms with Crippen LogP contribution in [0.1, 0.15) is 21.7 Å². The largest absolute Gasteiger partial charge is 0.507 e. The van der Waals surface area contributed by atoms with Gasteiger partial charge in [-0.1, -0.05) is 12.1 Å². The van der Waals surface area contributed by atoms with Crippen molar-refractivity contribution < 1.29 is 23.4 Å². The van der Waals surface area contributed by atoms with Crippen molar-refractivity contribution in [3.05, 3.63) is 71.2 Å². The van der Waals surface area contributed by atoms with Gasteiger partial charge in [-0.2, -0.15) is 0 Å². The van der Waals surface area contributed by atoms with Crippen LogP contribution in [0.5, 0.6) is 11.5 Å². The molecular weight excluding hydrogens is 311 g/mol. The third kappa shape index (κ3) is 3.01. The summed E-state index contributed by atoms with van der Waals surface area (Å²) in [6, 6.07) is 12.3. The van der Waals surface area contributed by atoms with E-state index in [1.807, 2.05) is 0 Å². The maximum Gasteiger partial charge on any atom is 0.379 e. The molecule has 3 rings (SSSR count). The molecule has 0 bridgehead atoms. The third-order valence-corrected chi connectivity index (χ3v) is 3.62. The molecule has 0 amide bonds. The van der Waals surface area contributed by atoms with Crippen LogP contribution in [0.25, 0.3) is 11.3 Å². The Bertz CT molecular complexity index is 888. The van der Waals surface area contributed by atoms with E-state index >= 15 is 0 Å². The lowest BCUT2D eigenvalue weighted by Crippen LogP contribution is -2.08. The van der Waals surface area contributed by atoms with E-state index in [4.69, 9.17) is 9.15 Å². The third-order valence-electron chi connectivity index (χ3n) is 3.62. The predicted octanol–water partition coefficient (Wildman–Crippen LogP) is 4.63. The highest BCUT2D eigenvalue weighted by Crippen LogP contribution is 2.30. The van der Waals surface area contributed by atoms with E-state index in [0.29, 0.717) is 16.9 Å². The number of para-hydroxylation sites is 1. The van der Waals surface area contributed by atoms with Crippen LogP contribution in [-0.2, 0) is 0 Å². The van der Waals surface area contributed by atoms with Crippen LogP contribution in [0.4, 0.5) is 4.39 Å². The Morgan fingerprint density at radius 2 is 1.75 bits per heavy atom. The van der Waals surface area contributed by atoms with Crippen LogP contribution in [0.3, 0.4) is 0 Å². The van der Waals surface area contributed by atoms with Gasteiger partial charge in [-0.05, 0) is 61.4 Å². The standard InChI is InChI=1S/C19H15FO4/c1-11-9-13(10-12(2)18(11)21)15-7-8-17(23-15)19(22)24-16-6-4-3-5-14(16)20/h3-10,21H,1-2H3. The van der Waals surface area contributed by atoms with Gasteiger partial charge in [0.15, 0.2) is 11.6 Å². The molecule has 0 atom stereocenters. The zero-order valence-corrected chi connectivity index (χ0v) is 13.2. The molecule has 0 unspecified atom stereocenters. The Hall–Kier alpha value is -3.08. The maximum absolute atomic E-state index is 13.5.